The van der Waals surface area contributed by atoms with E-state index in [4.69, 9.17) is 16.1 Å². The summed E-state index contributed by atoms with van der Waals surface area (Å²) in [5.74, 6) is 0.0552. The fraction of sp³-hybridized carbons (Fsp3) is 0.0625. The van der Waals surface area contributed by atoms with Gasteiger partial charge in [0.25, 0.3) is 11.8 Å². The number of carbonyl (C=O) groups excluding carboxylic acids is 1. The van der Waals surface area contributed by atoms with Crippen LogP contribution in [0.4, 0.5) is 10.1 Å². The number of amides is 1. The second-order valence-electron chi connectivity index (χ2n) is 4.81. The van der Waals surface area contributed by atoms with E-state index in [-0.39, 0.29) is 10.9 Å². The highest BCUT2D eigenvalue weighted by atomic mass is 35.5. The Morgan fingerprint density at radius 2 is 1.96 bits per heavy atom. The van der Waals surface area contributed by atoms with E-state index in [1.807, 2.05) is 0 Å². The van der Waals surface area contributed by atoms with Crippen molar-refractivity contribution < 1.29 is 13.7 Å². The van der Waals surface area contributed by atoms with E-state index in [0.29, 0.717) is 28.5 Å². The molecule has 7 heteroatoms. The highest BCUT2D eigenvalue weighted by Gasteiger charge is 2.10. The number of rotatable bonds is 3. The largest absolute Gasteiger partial charge is 0.334 e. The summed E-state index contributed by atoms with van der Waals surface area (Å²) in [7, 11) is 0. The molecular formula is C16H11ClFN3O2. The lowest BCUT2D eigenvalue weighted by molar-refractivity contribution is 0.102. The molecule has 0 aliphatic heterocycles. The van der Waals surface area contributed by atoms with Crippen molar-refractivity contribution in [2.45, 2.75) is 6.92 Å². The Kier molecular flexibility index (Phi) is 4.08. The number of nitrogens with one attached hydrogen (secondary N) is 1. The monoisotopic (exact) mass is 331 g/mol. The Morgan fingerprint density at radius 3 is 2.57 bits per heavy atom. The fourth-order valence-electron chi connectivity index (χ4n) is 1.96. The Hall–Kier alpha value is -2.73. The summed E-state index contributed by atoms with van der Waals surface area (Å²) in [6.07, 6.45) is 0. The maximum atomic E-state index is 13.1. The van der Waals surface area contributed by atoms with Crippen LogP contribution in [0.3, 0.4) is 0 Å². The summed E-state index contributed by atoms with van der Waals surface area (Å²) in [6.45, 7) is 1.72. The molecule has 116 valence electrons. The summed E-state index contributed by atoms with van der Waals surface area (Å²) < 4.78 is 18.2. The van der Waals surface area contributed by atoms with E-state index in [2.05, 4.69) is 15.5 Å². The van der Waals surface area contributed by atoms with Crippen molar-refractivity contribution in [2.75, 3.05) is 5.32 Å². The van der Waals surface area contributed by atoms with Crippen LogP contribution in [0.1, 0.15) is 16.2 Å². The lowest BCUT2D eigenvalue weighted by Crippen LogP contribution is -2.11. The van der Waals surface area contributed by atoms with Gasteiger partial charge < -0.3 is 9.84 Å². The molecule has 0 saturated heterocycles. The van der Waals surface area contributed by atoms with Crippen LogP contribution < -0.4 is 5.32 Å². The number of aryl methyl sites for hydroxylation is 1. The average molecular weight is 332 g/mol. The van der Waals surface area contributed by atoms with Crippen LogP contribution >= 0.6 is 11.6 Å². The molecule has 1 heterocycles. The van der Waals surface area contributed by atoms with Gasteiger partial charge in [-0.2, -0.15) is 4.98 Å². The third kappa shape index (κ3) is 3.37. The van der Waals surface area contributed by atoms with Gasteiger partial charge in [-0.25, -0.2) is 4.39 Å². The van der Waals surface area contributed by atoms with Crippen LogP contribution in [-0.2, 0) is 0 Å². The quantitative estimate of drug-likeness (QED) is 0.785. The third-order valence-electron chi connectivity index (χ3n) is 3.10. The number of benzene rings is 2. The fourth-order valence-corrected chi connectivity index (χ4v) is 2.14. The van der Waals surface area contributed by atoms with Crippen LogP contribution in [0, 0.1) is 12.7 Å². The van der Waals surface area contributed by atoms with Crippen molar-refractivity contribution in [3.8, 4) is 11.5 Å². The highest BCUT2D eigenvalue weighted by Crippen LogP contribution is 2.21. The van der Waals surface area contributed by atoms with Crippen LogP contribution in [0.15, 0.2) is 47.0 Å². The molecule has 0 atom stereocenters. The standard InChI is InChI=1S/C16H11ClFN3O2/c1-9-19-16(23-21-9)11-4-2-10(3-5-11)15(22)20-12-6-7-14(18)13(17)8-12/h2-8H,1H3,(H,20,22). The van der Waals surface area contributed by atoms with Crippen molar-refractivity contribution in [3.05, 3.63) is 64.7 Å². The number of anilines is 1. The van der Waals surface area contributed by atoms with E-state index in [1.54, 1.807) is 31.2 Å². The van der Waals surface area contributed by atoms with Gasteiger partial charge in [0.1, 0.15) is 5.82 Å². The first-order chi connectivity index (χ1) is 11.0. The molecule has 0 unspecified atom stereocenters. The molecule has 0 spiro atoms. The molecule has 0 bridgehead atoms. The molecule has 5 nitrogen and oxygen atoms in total. The Balaban J connectivity index is 1.76. The van der Waals surface area contributed by atoms with Gasteiger partial charge in [-0.1, -0.05) is 16.8 Å². The van der Waals surface area contributed by atoms with Crippen LogP contribution in [0.2, 0.25) is 5.02 Å². The molecule has 23 heavy (non-hydrogen) atoms. The predicted molar refractivity (Wildman–Crippen MR) is 83.8 cm³/mol. The van der Waals surface area contributed by atoms with E-state index >= 15 is 0 Å². The summed E-state index contributed by atoms with van der Waals surface area (Å²) in [6, 6.07) is 10.7. The first kappa shape index (κ1) is 15.2. The molecule has 0 saturated carbocycles. The second kappa shape index (κ2) is 6.18. The van der Waals surface area contributed by atoms with Crippen LogP contribution in [-0.4, -0.2) is 16.0 Å². The zero-order valence-electron chi connectivity index (χ0n) is 12.0. The number of halogens is 2. The minimum atomic E-state index is -0.538. The van der Waals surface area contributed by atoms with Crippen molar-refractivity contribution in [1.29, 1.82) is 0 Å². The number of carbonyl (C=O) groups is 1. The molecule has 0 aliphatic rings. The van der Waals surface area contributed by atoms with Crippen LogP contribution in [0.25, 0.3) is 11.5 Å². The molecular weight excluding hydrogens is 321 g/mol. The maximum Gasteiger partial charge on any atom is 0.257 e. The second-order valence-corrected chi connectivity index (χ2v) is 5.21. The molecule has 3 aromatic rings. The van der Waals surface area contributed by atoms with E-state index in [1.165, 1.54) is 18.2 Å². The highest BCUT2D eigenvalue weighted by molar-refractivity contribution is 6.31. The topological polar surface area (TPSA) is 68.0 Å². The first-order valence-electron chi connectivity index (χ1n) is 6.70. The first-order valence-corrected chi connectivity index (χ1v) is 7.08. The number of aromatic nitrogens is 2. The SMILES string of the molecule is Cc1noc(-c2ccc(C(=O)Nc3ccc(F)c(Cl)c3)cc2)n1. The average Bonchev–Trinajstić information content (AvgIpc) is 2.97. The number of hydrogen-bond donors (Lipinski definition) is 1. The maximum absolute atomic E-state index is 13.1. The molecule has 0 fully saturated rings. The molecule has 1 amide bonds. The summed E-state index contributed by atoms with van der Waals surface area (Å²) in [5.41, 5.74) is 1.57. The van der Waals surface area contributed by atoms with Gasteiger partial charge in [0.05, 0.1) is 5.02 Å². The van der Waals surface area contributed by atoms with E-state index in [9.17, 15) is 9.18 Å². The molecule has 1 N–H and O–H groups in total. The van der Waals surface area contributed by atoms with E-state index < -0.39 is 5.82 Å². The normalized spacial score (nSPS) is 10.6. The van der Waals surface area contributed by atoms with Crippen molar-refractivity contribution >= 4 is 23.2 Å². The number of hydrogen-bond acceptors (Lipinski definition) is 4. The zero-order valence-corrected chi connectivity index (χ0v) is 12.8. The number of nitrogens with zero attached hydrogens (tertiary/aromatic N) is 2. The third-order valence-corrected chi connectivity index (χ3v) is 3.39. The van der Waals surface area contributed by atoms with Gasteiger partial charge in [-0.3, -0.25) is 4.79 Å². The van der Waals surface area contributed by atoms with Crippen molar-refractivity contribution in [1.82, 2.24) is 10.1 Å². The Bertz CT molecular complexity index is 862. The molecule has 0 radical (unpaired) electrons. The predicted octanol–water partition coefficient (Wildman–Crippen LogP) is 4.09. The van der Waals surface area contributed by atoms with Gasteiger partial charge >= 0.3 is 0 Å². The van der Waals surface area contributed by atoms with Gasteiger partial charge in [-0.15, -0.1) is 0 Å². The lowest BCUT2D eigenvalue weighted by Gasteiger charge is -2.06. The van der Waals surface area contributed by atoms with E-state index in [0.717, 1.165) is 0 Å². The van der Waals surface area contributed by atoms with Crippen molar-refractivity contribution in [2.24, 2.45) is 0 Å². The summed E-state index contributed by atoms with van der Waals surface area (Å²) >= 11 is 5.68. The Morgan fingerprint density at radius 1 is 1.22 bits per heavy atom. The zero-order chi connectivity index (χ0) is 16.4. The van der Waals surface area contributed by atoms with Crippen molar-refractivity contribution in [3.63, 3.8) is 0 Å². The Labute approximate surface area is 136 Å². The minimum absolute atomic E-state index is 0.0510. The van der Waals surface area contributed by atoms with Gasteiger partial charge in [0.15, 0.2) is 5.82 Å². The molecule has 0 aliphatic carbocycles. The molecule has 3 rings (SSSR count). The molecule has 1 aromatic heterocycles. The van der Waals surface area contributed by atoms with Crippen LogP contribution in [0.5, 0.6) is 0 Å². The smallest absolute Gasteiger partial charge is 0.257 e. The van der Waals surface area contributed by atoms with Gasteiger partial charge in [0, 0.05) is 16.8 Å². The summed E-state index contributed by atoms with van der Waals surface area (Å²) in [4.78, 5) is 16.3. The lowest BCUT2D eigenvalue weighted by atomic mass is 10.1. The van der Waals surface area contributed by atoms with Gasteiger partial charge in [-0.05, 0) is 49.4 Å². The molecule has 2 aromatic carbocycles. The summed E-state index contributed by atoms with van der Waals surface area (Å²) in [5, 5.41) is 6.31. The minimum Gasteiger partial charge on any atom is -0.334 e. The van der Waals surface area contributed by atoms with Gasteiger partial charge in [0.2, 0.25) is 0 Å².